The van der Waals surface area contributed by atoms with Crippen molar-refractivity contribution < 1.29 is 9.53 Å². The molecule has 0 saturated carbocycles. The summed E-state index contributed by atoms with van der Waals surface area (Å²) in [6.45, 7) is 3.20. The van der Waals surface area contributed by atoms with Gasteiger partial charge in [-0.05, 0) is 19.1 Å². The van der Waals surface area contributed by atoms with Crippen LogP contribution in [0.15, 0.2) is 30.3 Å². The summed E-state index contributed by atoms with van der Waals surface area (Å²) >= 11 is 0. The van der Waals surface area contributed by atoms with Crippen LogP contribution in [0.2, 0.25) is 0 Å². The van der Waals surface area contributed by atoms with Crippen LogP contribution < -0.4 is 10.5 Å². The van der Waals surface area contributed by atoms with E-state index in [0.29, 0.717) is 0 Å². The molecule has 0 radical (unpaired) electrons. The summed E-state index contributed by atoms with van der Waals surface area (Å²) in [5.41, 5.74) is 5.60. The van der Waals surface area contributed by atoms with Crippen molar-refractivity contribution in [3.05, 3.63) is 30.3 Å². The van der Waals surface area contributed by atoms with Crippen LogP contribution in [0.25, 0.3) is 0 Å². The van der Waals surface area contributed by atoms with Gasteiger partial charge in [0.15, 0.2) is 0 Å². The third-order valence-corrected chi connectivity index (χ3v) is 3.19. The lowest BCUT2D eigenvalue weighted by Crippen LogP contribution is -2.47. The monoisotopic (exact) mass is 284 g/mol. The normalized spacial score (nSPS) is 17.5. The number of benzene rings is 1. The topological polar surface area (TPSA) is 55.6 Å². The molecule has 1 amide bonds. The quantitative estimate of drug-likeness (QED) is 0.921. The molecule has 5 heteroatoms. The molecule has 0 aliphatic carbocycles. The Kier molecular flexibility index (Phi) is 6.12. The standard InChI is InChI=1S/C14H20N2O2.ClH/c1-11(15)14(17)16-9-7-13(8-10-16)18-12-5-3-2-4-6-12;/h2-6,11,13H,7-10,15H2,1H3;1H/t11-;/m1./s1. The Morgan fingerprint density at radius 2 is 1.89 bits per heavy atom. The first-order valence-electron chi connectivity index (χ1n) is 6.43. The first kappa shape index (κ1) is 15.8. The van der Waals surface area contributed by atoms with E-state index in [2.05, 4.69) is 0 Å². The van der Waals surface area contributed by atoms with Crippen LogP contribution >= 0.6 is 12.4 Å². The van der Waals surface area contributed by atoms with Crippen molar-refractivity contribution in [1.29, 1.82) is 0 Å². The van der Waals surface area contributed by atoms with Gasteiger partial charge in [0.1, 0.15) is 11.9 Å². The fourth-order valence-corrected chi connectivity index (χ4v) is 2.17. The third-order valence-electron chi connectivity index (χ3n) is 3.19. The average molecular weight is 285 g/mol. The van der Waals surface area contributed by atoms with Crippen molar-refractivity contribution in [1.82, 2.24) is 4.90 Å². The predicted molar refractivity (Wildman–Crippen MR) is 77.6 cm³/mol. The Balaban J connectivity index is 0.00000180. The van der Waals surface area contributed by atoms with Crippen molar-refractivity contribution in [2.24, 2.45) is 5.73 Å². The van der Waals surface area contributed by atoms with Crippen LogP contribution in [0.3, 0.4) is 0 Å². The number of piperidine rings is 1. The van der Waals surface area contributed by atoms with Gasteiger partial charge >= 0.3 is 0 Å². The van der Waals surface area contributed by atoms with E-state index in [9.17, 15) is 4.79 Å². The zero-order chi connectivity index (χ0) is 13.0. The second-order valence-corrected chi connectivity index (χ2v) is 4.74. The molecule has 0 unspecified atom stereocenters. The highest BCUT2D eigenvalue weighted by Gasteiger charge is 2.25. The highest BCUT2D eigenvalue weighted by atomic mass is 35.5. The van der Waals surface area contributed by atoms with E-state index >= 15 is 0 Å². The van der Waals surface area contributed by atoms with E-state index in [1.54, 1.807) is 6.92 Å². The smallest absolute Gasteiger partial charge is 0.239 e. The lowest BCUT2D eigenvalue weighted by atomic mass is 10.1. The fraction of sp³-hybridized carbons (Fsp3) is 0.500. The molecule has 0 aromatic heterocycles. The SMILES string of the molecule is C[C@@H](N)C(=O)N1CCC(Oc2ccccc2)CC1.Cl. The molecule has 1 saturated heterocycles. The third kappa shape index (κ3) is 4.40. The summed E-state index contributed by atoms with van der Waals surface area (Å²) in [5.74, 6) is 0.933. The maximum Gasteiger partial charge on any atom is 0.239 e. The van der Waals surface area contributed by atoms with Crippen LogP contribution in [0, 0.1) is 0 Å². The van der Waals surface area contributed by atoms with Gasteiger partial charge in [-0.1, -0.05) is 18.2 Å². The molecule has 2 rings (SSSR count). The lowest BCUT2D eigenvalue weighted by molar-refractivity contribution is -0.133. The van der Waals surface area contributed by atoms with E-state index < -0.39 is 6.04 Å². The fourth-order valence-electron chi connectivity index (χ4n) is 2.17. The van der Waals surface area contributed by atoms with Gasteiger partial charge < -0.3 is 15.4 Å². The summed E-state index contributed by atoms with van der Waals surface area (Å²) < 4.78 is 5.87. The van der Waals surface area contributed by atoms with Gasteiger partial charge in [0.05, 0.1) is 6.04 Å². The maximum absolute atomic E-state index is 11.7. The van der Waals surface area contributed by atoms with Gasteiger partial charge in [-0.3, -0.25) is 4.79 Å². The number of carbonyl (C=O) groups excluding carboxylic acids is 1. The molecule has 19 heavy (non-hydrogen) atoms. The Labute approximate surface area is 120 Å². The molecule has 1 atom stereocenters. The first-order valence-corrected chi connectivity index (χ1v) is 6.43. The van der Waals surface area contributed by atoms with E-state index in [0.717, 1.165) is 31.7 Å². The molecule has 0 spiro atoms. The summed E-state index contributed by atoms with van der Waals surface area (Å²) in [6.07, 6.45) is 1.94. The number of nitrogens with two attached hydrogens (primary N) is 1. The van der Waals surface area contributed by atoms with Crippen molar-refractivity contribution in [3.63, 3.8) is 0 Å². The summed E-state index contributed by atoms with van der Waals surface area (Å²) in [7, 11) is 0. The largest absolute Gasteiger partial charge is 0.490 e. The van der Waals surface area contributed by atoms with Crippen molar-refractivity contribution in [3.8, 4) is 5.75 Å². The lowest BCUT2D eigenvalue weighted by Gasteiger charge is -2.33. The minimum Gasteiger partial charge on any atom is -0.490 e. The number of para-hydroxylation sites is 1. The van der Waals surface area contributed by atoms with Gasteiger partial charge in [-0.2, -0.15) is 0 Å². The number of amides is 1. The van der Waals surface area contributed by atoms with Gasteiger partial charge in [-0.15, -0.1) is 12.4 Å². The van der Waals surface area contributed by atoms with Crippen LogP contribution in [0.5, 0.6) is 5.75 Å². The molecular formula is C14H21ClN2O2. The Hall–Kier alpha value is -1.26. The van der Waals surface area contributed by atoms with Gasteiger partial charge in [-0.25, -0.2) is 0 Å². The molecule has 1 fully saturated rings. The average Bonchev–Trinajstić information content (AvgIpc) is 2.40. The molecule has 2 N–H and O–H groups in total. The highest BCUT2D eigenvalue weighted by Crippen LogP contribution is 2.18. The first-order chi connectivity index (χ1) is 8.66. The number of hydrogen-bond donors (Lipinski definition) is 1. The number of rotatable bonds is 3. The predicted octanol–water partition coefficient (Wildman–Crippen LogP) is 1.83. The van der Waals surface area contributed by atoms with Crippen molar-refractivity contribution in [2.45, 2.75) is 31.9 Å². The van der Waals surface area contributed by atoms with E-state index in [-0.39, 0.29) is 24.4 Å². The number of likely N-dealkylation sites (tertiary alicyclic amines) is 1. The van der Waals surface area contributed by atoms with Gasteiger partial charge in [0, 0.05) is 25.9 Å². The molecule has 4 nitrogen and oxygen atoms in total. The molecular weight excluding hydrogens is 264 g/mol. The molecule has 1 aliphatic rings. The molecule has 1 aromatic rings. The van der Waals surface area contributed by atoms with Crippen molar-refractivity contribution in [2.75, 3.05) is 13.1 Å². The van der Waals surface area contributed by atoms with Gasteiger partial charge in [0.25, 0.3) is 0 Å². The Morgan fingerprint density at radius 1 is 1.32 bits per heavy atom. The Bertz CT molecular complexity index is 390. The number of halogens is 1. The minimum atomic E-state index is -0.406. The summed E-state index contributed by atoms with van der Waals surface area (Å²) in [4.78, 5) is 13.6. The molecule has 1 aliphatic heterocycles. The number of ether oxygens (including phenoxy) is 1. The van der Waals surface area contributed by atoms with Crippen LogP contribution in [0.1, 0.15) is 19.8 Å². The van der Waals surface area contributed by atoms with Gasteiger partial charge in [0.2, 0.25) is 5.91 Å². The minimum absolute atomic E-state index is 0. The second kappa shape index (κ2) is 7.36. The van der Waals surface area contributed by atoms with Crippen LogP contribution in [-0.2, 0) is 4.79 Å². The number of nitrogens with zero attached hydrogens (tertiary/aromatic N) is 1. The van der Waals surface area contributed by atoms with E-state index in [1.807, 2.05) is 35.2 Å². The summed E-state index contributed by atoms with van der Waals surface area (Å²) in [6, 6.07) is 9.40. The molecule has 1 aromatic carbocycles. The zero-order valence-corrected chi connectivity index (χ0v) is 11.9. The van der Waals surface area contributed by atoms with Crippen molar-refractivity contribution >= 4 is 18.3 Å². The summed E-state index contributed by atoms with van der Waals surface area (Å²) in [5, 5.41) is 0. The Morgan fingerprint density at radius 3 is 2.42 bits per heavy atom. The highest BCUT2D eigenvalue weighted by molar-refractivity contribution is 5.85. The number of hydrogen-bond acceptors (Lipinski definition) is 3. The number of carbonyl (C=O) groups is 1. The second-order valence-electron chi connectivity index (χ2n) is 4.74. The molecule has 0 bridgehead atoms. The zero-order valence-electron chi connectivity index (χ0n) is 11.1. The maximum atomic E-state index is 11.7. The van der Waals surface area contributed by atoms with E-state index in [1.165, 1.54) is 0 Å². The molecule has 106 valence electrons. The van der Waals surface area contributed by atoms with Crippen LogP contribution in [0.4, 0.5) is 0 Å². The van der Waals surface area contributed by atoms with Crippen LogP contribution in [-0.4, -0.2) is 36.0 Å². The van der Waals surface area contributed by atoms with E-state index in [4.69, 9.17) is 10.5 Å². The molecule has 1 heterocycles.